The van der Waals surface area contributed by atoms with E-state index in [9.17, 15) is 4.79 Å². The van der Waals surface area contributed by atoms with Crippen LogP contribution in [0.4, 0.5) is 5.82 Å². The molecular weight excluding hydrogens is 346 g/mol. The molecule has 0 bridgehead atoms. The van der Waals surface area contributed by atoms with E-state index in [1.54, 1.807) is 29.7 Å². The van der Waals surface area contributed by atoms with Crippen molar-refractivity contribution < 1.29 is 9.53 Å². The maximum atomic E-state index is 12.6. The Bertz CT molecular complexity index is 889. The summed E-state index contributed by atoms with van der Waals surface area (Å²) in [5.41, 5.74) is 2.35. The van der Waals surface area contributed by atoms with Crippen molar-refractivity contribution in [3.8, 4) is 10.6 Å². The minimum absolute atomic E-state index is 0.163. The molecule has 6 heteroatoms. The first-order valence-corrected chi connectivity index (χ1v) is 9.56. The Hall–Kier alpha value is -2.73. The number of hydrogen-bond acceptors (Lipinski definition) is 6. The number of ether oxygens (including phenoxy) is 1. The second-order valence-corrected chi connectivity index (χ2v) is 7.01. The zero-order valence-electron chi connectivity index (χ0n) is 14.3. The standard InChI is InChI=1S/C20H19N3O2S/c24-20(17-9-6-10-21-18(17)23-11-4-5-12-23)25-13-16-14-26-19(22-16)15-7-2-1-3-8-15/h1-3,6-10,14H,4-5,11-13H2. The predicted molar refractivity (Wildman–Crippen MR) is 102 cm³/mol. The van der Waals surface area contributed by atoms with E-state index in [1.807, 2.05) is 35.7 Å². The maximum Gasteiger partial charge on any atom is 0.342 e. The molecule has 1 fully saturated rings. The first-order valence-electron chi connectivity index (χ1n) is 8.68. The van der Waals surface area contributed by atoms with Crippen LogP contribution in [0.2, 0.25) is 0 Å². The molecule has 1 aliphatic rings. The number of rotatable bonds is 5. The number of carbonyl (C=O) groups is 1. The van der Waals surface area contributed by atoms with Gasteiger partial charge in [0.1, 0.15) is 23.0 Å². The Kier molecular flexibility index (Phi) is 4.93. The molecule has 0 atom stereocenters. The highest BCUT2D eigenvalue weighted by Crippen LogP contribution is 2.25. The van der Waals surface area contributed by atoms with Crippen molar-refractivity contribution in [1.29, 1.82) is 0 Å². The van der Waals surface area contributed by atoms with Crippen LogP contribution in [0.5, 0.6) is 0 Å². The van der Waals surface area contributed by atoms with Gasteiger partial charge in [0.25, 0.3) is 0 Å². The van der Waals surface area contributed by atoms with Crippen LogP contribution in [-0.4, -0.2) is 29.0 Å². The number of nitrogens with zero attached hydrogens (tertiary/aromatic N) is 3. The third kappa shape index (κ3) is 3.60. The number of anilines is 1. The van der Waals surface area contributed by atoms with Gasteiger partial charge in [-0.3, -0.25) is 0 Å². The van der Waals surface area contributed by atoms with Crippen molar-refractivity contribution in [1.82, 2.24) is 9.97 Å². The van der Waals surface area contributed by atoms with Crippen molar-refractivity contribution in [3.05, 3.63) is 65.3 Å². The minimum atomic E-state index is -0.353. The van der Waals surface area contributed by atoms with Crippen LogP contribution in [0, 0.1) is 0 Å². The third-order valence-corrected chi connectivity index (χ3v) is 5.28. The van der Waals surface area contributed by atoms with Gasteiger partial charge in [-0.15, -0.1) is 11.3 Å². The topological polar surface area (TPSA) is 55.3 Å². The van der Waals surface area contributed by atoms with Crippen LogP contribution in [0.1, 0.15) is 28.9 Å². The van der Waals surface area contributed by atoms with Crippen LogP contribution in [-0.2, 0) is 11.3 Å². The summed E-state index contributed by atoms with van der Waals surface area (Å²) in [7, 11) is 0. The first kappa shape index (κ1) is 16.7. The molecule has 3 heterocycles. The Morgan fingerprint density at radius 2 is 1.92 bits per heavy atom. The van der Waals surface area contributed by atoms with Gasteiger partial charge in [0, 0.05) is 30.2 Å². The van der Waals surface area contributed by atoms with Crippen molar-refractivity contribution in [2.75, 3.05) is 18.0 Å². The van der Waals surface area contributed by atoms with Gasteiger partial charge in [-0.25, -0.2) is 14.8 Å². The number of pyridine rings is 1. The van der Waals surface area contributed by atoms with Crippen molar-refractivity contribution in [3.63, 3.8) is 0 Å². The summed E-state index contributed by atoms with van der Waals surface area (Å²) in [5.74, 6) is 0.368. The molecule has 1 saturated heterocycles. The van der Waals surface area contributed by atoms with Crippen molar-refractivity contribution in [2.45, 2.75) is 19.4 Å². The van der Waals surface area contributed by atoms with E-state index in [2.05, 4.69) is 14.9 Å². The monoisotopic (exact) mass is 365 g/mol. The summed E-state index contributed by atoms with van der Waals surface area (Å²) in [5, 5.41) is 2.86. The van der Waals surface area contributed by atoms with E-state index >= 15 is 0 Å². The van der Waals surface area contributed by atoms with Crippen molar-refractivity contribution >= 4 is 23.1 Å². The van der Waals surface area contributed by atoms with E-state index in [1.165, 1.54) is 0 Å². The molecule has 0 N–H and O–H groups in total. The highest BCUT2D eigenvalue weighted by molar-refractivity contribution is 7.13. The molecule has 132 valence electrons. The molecule has 5 nitrogen and oxygen atoms in total. The molecule has 26 heavy (non-hydrogen) atoms. The lowest BCUT2D eigenvalue weighted by Crippen LogP contribution is -2.22. The fourth-order valence-corrected chi connectivity index (χ4v) is 3.85. The van der Waals surface area contributed by atoms with Crippen molar-refractivity contribution in [2.24, 2.45) is 0 Å². The third-order valence-electron chi connectivity index (χ3n) is 4.34. The Morgan fingerprint density at radius 3 is 2.73 bits per heavy atom. The largest absolute Gasteiger partial charge is 0.455 e. The van der Waals surface area contributed by atoms with Gasteiger partial charge < -0.3 is 9.64 Å². The van der Waals surface area contributed by atoms with Crippen LogP contribution in [0.3, 0.4) is 0 Å². The second kappa shape index (κ2) is 7.66. The van der Waals surface area contributed by atoms with E-state index in [0.717, 1.165) is 48.0 Å². The molecule has 0 amide bonds. The number of thiazole rings is 1. The smallest absolute Gasteiger partial charge is 0.342 e. The Morgan fingerprint density at radius 1 is 1.12 bits per heavy atom. The highest BCUT2D eigenvalue weighted by Gasteiger charge is 2.21. The summed E-state index contributed by atoms with van der Waals surface area (Å²) in [4.78, 5) is 23.7. The quantitative estimate of drug-likeness (QED) is 0.636. The zero-order valence-corrected chi connectivity index (χ0v) is 15.1. The lowest BCUT2D eigenvalue weighted by Gasteiger charge is -2.18. The average Bonchev–Trinajstić information content (AvgIpc) is 3.39. The summed E-state index contributed by atoms with van der Waals surface area (Å²) >= 11 is 1.55. The number of benzene rings is 1. The normalized spacial score (nSPS) is 13.8. The average molecular weight is 365 g/mol. The molecule has 0 spiro atoms. The molecule has 1 aliphatic heterocycles. The van der Waals surface area contributed by atoms with Gasteiger partial charge in [0.15, 0.2) is 0 Å². The molecule has 0 aliphatic carbocycles. The Labute approximate surface area is 156 Å². The van der Waals surface area contributed by atoms with Crippen LogP contribution in [0.15, 0.2) is 54.0 Å². The van der Waals surface area contributed by atoms with E-state index in [4.69, 9.17) is 4.74 Å². The number of esters is 1. The molecule has 2 aromatic heterocycles. The van der Waals surface area contributed by atoms with E-state index in [0.29, 0.717) is 5.56 Å². The maximum absolute atomic E-state index is 12.6. The Balaban J connectivity index is 1.44. The van der Waals surface area contributed by atoms with Crippen LogP contribution < -0.4 is 4.90 Å². The van der Waals surface area contributed by atoms with Gasteiger partial charge in [0.2, 0.25) is 0 Å². The highest BCUT2D eigenvalue weighted by atomic mass is 32.1. The molecular formula is C20H19N3O2S. The predicted octanol–water partition coefficient (Wildman–Crippen LogP) is 4.16. The lowest BCUT2D eigenvalue weighted by molar-refractivity contribution is 0.0469. The van der Waals surface area contributed by atoms with Crippen LogP contribution in [0.25, 0.3) is 10.6 Å². The van der Waals surface area contributed by atoms with Crippen LogP contribution >= 0.6 is 11.3 Å². The summed E-state index contributed by atoms with van der Waals surface area (Å²) in [6.45, 7) is 2.03. The molecule has 4 rings (SSSR count). The second-order valence-electron chi connectivity index (χ2n) is 6.15. The molecule has 1 aromatic carbocycles. The van der Waals surface area contributed by atoms with Gasteiger partial charge in [0.05, 0.1) is 5.69 Å². The molecule has 0 radical (unpaired) electrons. The van der Waals surface area contributed by atoms with Gasteiger partial charge >= 0.3 is 5.97 Å². The molecule has 0 saturated carbocycles. The fraction of sp³-hybridized carbons (Fsp3) is 0.250. The fourth-order valence-electron chi connectivity index (χ4n) is 3.04. The van der Waals surface area contributed by atoms with E-state index < -0.39 is 0 Å². The minimum Gasteiger partial charge on any atom is -0.455 e. The zero-order chi connectivity index (χ0) is 17.8. The molecule has 3 aromatic rings. The summed E-state index contributed by atoms with van der Waals surface area (Å²) in [6, 6.07) is 13.5. The lowest BCUT2D eigenvalue weighted by atomic mass is 10.2. The molecule has 0 unspecified atom stereocenters. The number of hydrogen-bond donors (Lipinski definition) is 0. The summed E-state index contributed by atoms with van der Waals surface area (Å²) in [6.07, 6.45) is 3.98. The van der Waals surface area contributed by atoms with Gasteiger partial charge in [-0.2, -0.15) is 0 Å². The van der Waals surface area contributed by atoms with E-state index in [-0.39, 0.29) is 12.6 Å². The first-order chi connectivity index (χ1) is 12.8. The SMILES string of the molecule is O=C(OCc1csc(-c2ccccc2)n1)c1cccnc1N1CCCC1. The number of aromatic nitrogens is 2. The summed E-state index contributed by atoms with van der Waals surface area (Å²) < 4.78 is 5.50. The van der Waals surface area contributed by atoms with Gasteiger partial charge in [-0.05, 0) is 25.0 Å². The van der Waals surface area contributed by atoms with Gasteiger partial charge in [-0.1, -0.05) is 30.3 Å². The number of carbonyl (C=O) groups excluding carboxylic acids is 1.